The molecule has 10 heteroatoms. The SMILES string of the molecule is COc1ccc(S(=O)(=O)N(Cc2ccccn2)[C@@H](C(=O)NO)C(C)C)cc1.Cl. The Hall–Kier alpha value is -2.20. The van der Waals surface area contributed by atoms with Crippen molar-refractivity contribution in [2.75, 3.05) is 7.11 Å². The van der Waals surface area contributed by atoms with E-state index < -0.39 is 27.9 Å². The lowest BCUT2D eigenvalue weighted by atomic mass is 10.0. The summed E-state index contributed by atoms with van der Waals surface area (Å²) in [6, 6.07) is 9.88. The number of methoxy groups -OCH3 is 1. The molecule has 0 bridgehead atoms. The predicted octanol–water partition coefficient (Wildman–Crippen LogP) is 2.23. The summed E-state index contributed by atoms with van der Waals surface area (Å²) in [6.07, 6.45) is 1.55. The summed E-state index contributed by atoms with van der Waals surface area (Å²) in [4.78, 5) is 16.4. The average molecular weight is 430 g/mol. The van der Waals surface area contributed by atoms with Gasteiger partial charge in [0.05, 0.1) is 24.2 Å². The topological polar surface area (TPSA) is 109 Å². The minimum absolute atomic E-state index is 0. The molecular weight excluding hydrogens is 406 g/mol. The summed E-state index contributed by atoms with van der Waals surface area (Å²) >= 11 is 0. The zero-order valence-electron chi connectivity index (χ0n) is 15.8. The van der Waals surface area contributed by atoms with Gasteiger partial charge in [-0.15, -0.1) is 12.4 Å². The lowest BCUT2D eigenvalue weighted by molar-refractivity contribution is -0.134. The van der Waals surface area contributed by atoms with Crippen LogP contribution in [0.3, 0.4) is 0 Å². The van der Waals surface area contributed by atoms with Crippen molar-refractivity contribution in [3.63, 3.8) is 0 Å². The monoisotopic (exact) mass is 429 g/mol. The van der Waals surface area contributed by atoms with Crippen LogP contribution in [-0.4, -0.2) is 42.0 Å². The molecule has 0 aliphatic heterocycles. The fourth-order valence-corrected chi connectivity index (χ4v) is 4.39. The van der Waals surface area contributed by atoms with Gasteiger partial charge in [-0.2, -0.15) is 4.31 Å². The molecule has 0 radical (unpaired) electrons. The third kappa shape index (κ3) is 5.41. The first-order chi connectivity index (χ1) is 12.8. The molecule has 0 aliphatic carbocycles. The van der Waals surface area contributed by atoms with Gasteiger partial charge in [-0.25, -0.2) is 13.9 Å². The molecule has 1 heterocycles. The molecule has 0 unspecified atom stereocenters. The molecule has 1 aromatic carbocycles. The summed E-state index contributed by atoms with van der Waals surface area (Å²) < 4.78 is 32.7. The Bertz CT molecular complexity index is 861. The second-order valence-electron chi connectivity index (χ2n) is 6.21. The maximum Gasteiger partial charge on any atom is 0.262 e. The Labute approximate surface area is 171 Å². The molecule has 1 amide bonds. The van der Waals surface area contributed by atoms with E-state index in [4.69, 9.17) is 9.94 Å². The molecule has 2 aromatic rings. The fourth-order valence-electron chi connectivity index (χ4n) is 2.70. The van der Waals surface area contributed by atoms with Crippen molar-refractivity contribution in [1.29, 1.82) is 0 Å². The number of benzene rings is 1. The average Bonchev–Trinajstić information content (AvgIpc) is 2.67. The first-order valence-corrected chi connectivity index (χ1v) is 9.75. The summed E-state index contributed by atoms with van der Waals surface area (Å²) in [5, 5.41) is 9.12. The smallest absolute Gasteiger partial charge is 0.262 e. The molecule has 0 saturated carbocycles. The van der Waals surface area contributed by atoms with Gasteiger partial charge in [0.1, 0.15) is 11.8 Å². The zero-order valence-corrected chi connectivity index (χ0v) is 17.4. The van der Waals surface area contributed by atoms with Crippen molar-refractivity contribution in [2.24, 2.45) is 5.92 Å². The minimum atomic E-state index is -4.06. The third-order valence-corrected chi connectivity index (χ3v) is 5.87. The van der Waals surface area contributed by atoms with E-state index in [0.717, 1.165) is 4.31 Å². The van der Waals surface area contributed by atoms with Crippen LogP contribution in [0.4, 0.5) is 0 Å². The number of nitrogens with zero attached hydrogens (tertiary/aromatic N) is 2. The highest BCUT2D eigenvalue weighted by molar-refractivity contribution is 7.89. The van der Waals surface area contributed by atoms with E-state index in [9.17, 15) is 13.2 Å². The summed E-state index contributed by atoms with van der Waals surface area (Å²) in [6.45, 7) is 3.29. The Kier molecular flexibility index (Phi) is 8.83. The van der Waals surface area contributed by atoms with Gasteiger partial charge in [0.25, 0.3) is 5.91 Å². The first kappa shape index (κ1) is 23.8. The minimum Gasteiger partial charge on any atom is -0.497 e. The van der Waals surface area contributed by atoms with Crippen molar-refractivity contribution >= 4 is 28.3 Å². The number of halogens is 1. The number of hydrogen-bond acceptors (Lipinski definition) is 6. The van der Waals surface area contributed by atoms with Crippen molar-refractivity contribution < 1.29 is 23.2 Å². The van der Waals surface area contributed by atoms with E-state index in [0.29, 0.717) is 11.4 Å². The maximum atomic E-state index is 13.3. The molecular formula is C18H24ClN3O5S. The Morgan fingerprint density at radius 2 is 1.86 bits per heavy atom. The largest absolute Gasteiger partial charge is 0.497 e. The van der Waals surface area contributed by atoms with E-state index >= 15 is 0 Å². The number of ether oxygens (including phenoxy) is 1. The molecule has 0 spiro atoms. The Morgan fingerprint density at radius 3 is 2.32 bits per heavy atom. The first-order valence-electron chi connectivity index (χ1n) is 8.31. The number of rotatable bonds is 8. The number of hydroxylamine groups is 1. The zero-order chi connectivity index (χ0) is 20.0. The number of nitrogens with one attached hydrogen (secondary N) is 1. The van der Waals surface area contributed by atoms with Gasteiger partial charge in [-0.05, 0) is 42.3 Å². The van der Waals surface area contributed by atoms with Crippen LogP contribution in [0.15, 0.2) is 53.6 Å². The number of sulfonamides is 1. The standard InChI is InChI=1S/C18H23N3O5S.ClH/c1-13(2)17(18(22)20-23)21(12-14-6-4-5-11-19-14)27(24,25)16-9-7-15(26-3)8-10-16;/h4-11,13,17,23H,12H2,1-3H3,(H,20,22);1H/t17-;/m1./s1. The highest BCUT2D eigenvalue weighted by atomic mass is 35.5. The van der Waals surface area contributed by atoms with Crippen LogP contribution >= 0.6 is 12.4 Å². The van der Waals surface area contributed by atoms with Crippen LogP contribution in [0, 0.1) is 5.92 Å². The Morgan fingerprint density at radius 1 is 1.21 bits per heavy atom. The van der Waals surface area contributed by atoms with Crippen molar-refractivity contribution in [2.45, 2.75) is 31.3 Å². The van der Waals surface area contributed by atoms with Gasteiger partial charge in [-0.3, -0.25) is 15.0 Å². The number of amides is 1. The molecule has 0 fully saturated rings. The predicted molar refractivity (Wildman–Crippen MR) is 106 cm³/mol. The lowest BCUT2D eigenvalue weighted by Gasteiger charge is -2.31. The van der Waals surface area contributed by atoms with E-state index in [1.165, 1.54) is 31.4 Å². The van der Waals surface area contributed by atoms with E-state index in [2.05, 4.69) is 4.98 Å². The number of carbonyl (C=O) groups is 1. The van der Waals surface area contributed by atoms with Gasteiger partial charge in [0.2, 0.25) is 10.0 Å². The summed E-state index contributed by atoms with van der Waals surface area (Å²) in [5.41, 5.74) is 2.05. The quantitative estimate of drug-likeness (QED) is 0.492. The van der Waals surface area contributed by atoms with Crippen LogP contribution in [0.25, 0.3) is 0 Å². The summed E-state index contributed by atoms with van der Waals surface area (Å²) in [7, 11) is -2.57. The highest BCUT2D eigenvalue weighted by Gasteiger charge is 2.38. The molecule has 2 rings (SSSR count). The molecule has 0 saturated heterocycles. The summed E-state index contributed by atoms with van der Waals surface area (Å²) in [5.74, 6) is -0.689. The van der Waals surface area contributed by atoms with E-state index in [1.54, 1.807) is 43.7 Å². The van der Waals surface area contributed by atoms with Gasteiger partial charge in [0, 0.05) is 6.20 Å². The number of aromatic nitrogens is 1. The second kappa shape index (κ2) is 10.4. The molecule has 28 heavy (non-hydrogen) atoms. The lowest BCUT2D eigenvalue weighted by Crippen LogP contribution is -2.51. The third-order valence-electron chi connectivity index (χ3n) is 4.03. The molecule has 1 aromatic heterocycles. The van der Waals surface area contributed by atoms with Gasteiger partial charge >= 0.3 is 0 Å². The molecule has 0 aliphatic rings. The van der Waals surface area contributed by atoms with E-state index in [1.807, 2.05) is 0 Å². The van der Waals surface area contributed by atoms with Gasteiger partial charge in [-0.1, -0.05) is 19.9 Å². The molecule has 1 atom stereocenters. The Balaban J connectivity index is 0.00000392. The van der Waals surface area contributed by atoms with Crippen LogP contribution in [-0.2, 0) is 21.4 Å². The van der Waals surface area contributed by atoms with Crippen molar-refractivity contribution in [3.05, 3.63) is 54.4 Å². The second-order valence-corrected chi connectivity index (χ2v) is 8.10. The van der Waals surface area contributed by atoms with Crippen LogP contribution < -0.4 is 10.2 Å². The molecule has 154 valence electrons. The number of pyridine rings is 1. The normalized spacial score (nSPS) is 12.4. The van der Waals surface area contributed by atoms with Crippen molar-refractivity contribution in [1.82, 2.24) is 14.8 Å². The van der Waals surface area contributed by atoms with Crippen LogP contribution in [0.1, 0.15) is 19.5 Å². The maximum absolute atomic E-state index is 13.3. The van der Waals surface area contributed by atoms with Gasteiger partial charge in [0.15, 0.2) is 0 Å². The number of hydrogen-bond donors (Lipinski definition) is 2. The highest BCUT2D eigenvalue weighted by Crippen LogP contribution is 2.25. The van der Waals surface area contributed by atoms with Crippen LogP contribution in [0.2, 0.25) is 0 Å². The van der Waals surface area contributed by atoms with Crippen molar-refractivity contribution in [3.8, 4) is 5.75 Å². The van der Waals surface area contributed by atoms with E-state index in [-0.39, 0.29) is 23.8 Å². The fraction of sp³-hybridized carbons (Fsp3) is 0.333. The number of carbonyl (C=O) groups excluding carboxylic acids is 1. The van der Waals surface area contributed by atoms with Crippen LogP contribution in [0.5, 0.6) is 5.75 Å². The molecule has 2 N–H and O–H groups in total. The van der Waals surface area contributed by atoms with Gasteiger partial charge < -0.3 is 4.74 Å². The molecule has 8 nitrogen and oxygen atoms in total.